The van der Waals surface area contributed by atoms with Gasteiger partial charge in [0.2, 0.25) is 0 Å². The monoisotopic (exact) mass is 201 g/mol. The van der Waals surface area contributed by atoms with Crippen molar-refractivity contribution in [3.8, 4) is 0 Å². The summed E-state index contributed by atoms with van der Waals surface area (Å²) in [6.45, 7) is 12.3. The second kappa shape index (κ2) is 4.92. The van der Waals surface area contributed by atoms with Crippen LogP contribution >= 0.6 is 0 Å². The summed E-state index contributed by atoms with van der Waals surface area (Å²) in [4.78, 5) is 4.52. The van der Waals surface area contributed by atoms with Crippen molar-refractivity contribution in [2.45, 2.75) is 34.1 Å². The van der Waals surface area contributed by atoms with Gasteiger partial charge in [-0.25, -0.2) is 0 Å². The molecule has 1 heteroatoms. The molecule has 0 saturated heterocycles. The average Bonchev–Trinajstić information content (AvgIpc) is 2.38. The van der Waals surface area contributed by atoms with Gasteiger partial charge in [-0.2, -0.15) is 0 Å². The molecule has 0 aliphatic carbocycles. The van der Waals surface area contributed by atoms with Gasteiger partial charge in [0.15, 0.2) is 0 Å². The van der Waals surface area contributed by atoms with E-state index in [9.17, 15) is 0 Å². The van der Waals surface area contributed by atoms with E-state index in [1.165, 1.54) is 16.7 Å². The maximum atomic E-state index is 4.52. The van der Waals surface area contributed by atoms with Gasteiger partial charge in [0, 0.05) is 18.2 Å². The molecular weight excluding hydrogens is 182 g/mol. The standard InChI is InChI=1S/C14H19N/c1-6-11(4)14-13(10(2)3)12(5)8-7-9-15-14/h6,8-9H,2,7H2,1,3-5H3. The summed E-state index contributed by atoms with van der Waals surface area (Å²) in [6.07, 6.45) is 7.16. The van der Waals surface area contributed by atoms with Crippen molar-refractivity contribution in [1.82, 2.24) is 0 Å². The van der Waals surface area contributed by atoms with Crippen LogP contribution in [-0.2, 0) is 0 Å². The van der Waals surface area contributed by atoms with Crippen molar-refractivity contribution < 1.29 is 0 Å². The van der Waals surface area contributed by atoms with Crippen LogP contribution in [-0.4, -0.2) is 6.21 Å². The minimum absolute atomic E-state index is 0.906. The van der Waals surface area contributed by atoms with Crippen LogP contribution in [0.5, 0.6) is 0 Å². The maximum Gasteiger partial charge on any atom is 0.0729 e. The molecular formula is C14H19N. The normalized spacial score (nSPS) is 17.6. The third kappa shape index (κ3) is 2.56. The molecule has 0 radical (unpaired) electrons. The molecule has 1 aliphatic rings. The number of nitrogens with zero attached hydrogens (tertiary/aromatic N) is 1. The summed E-state index contributed by atoms with van der Waals surface area (Å²) in [5, 5.41) is 0. The molecule has 0 saturated carbocycles. The predicted molar refractivity (Wildman–Crippen MR) is 68.1 cm³/mol. The number of rotatable bonds is 2. The first-order chi connectivity index (χ1) is 7.07. The van der Waals surface area contributed by atoms with Crippen LogP contribution in [0.1, 0.15) is 34.1 Å². The van der Waals surface area contributed by atoms with Crippen LogP contribution in [0, 0.1) is 0 Å². The van der Waals surface area contributed by atoms with Crippen molar-refractivity contribution in [2.24, 2.45) is 4.99 Å². The van der Waals surface area contributed by atoms with E-state index in [4.69, 9.17) is 0 Å². The molecule has 15 heavy (non-hydrogen) atoms. The van der Waals surface area contributed by atoms with Gasteiger partial charge in [0.25, 0.3) is 0 Å². The van der Waals surface area contributed by atoms with Crippen LogP contribution < -0.4 is 0 Å². The number of hydrogen-bond acceptors (Lipinski definition) is 1. The molecule has 1 aliphatic heterocycles. The molecule has 0 aromatic carbocycles. The van der Waals surface area contributed by atoms with E-state index in [1.54, 1.807) is 0 Å². The zero-order valence-corrected chi connectivity index (χ0v) is 10.1. The lowest BCUT2D eigenvalue weighted by molar-refractivity contribution is 1.19. The Balaban J connectivity index is 3.40. The van der Waals surface area contributed by atoms with Crippen LogP contribution in [0.15, 0.2) is 51.7 Å². The molecule has 0 amide bonds. The van der Waals surface area contributed by atoms with Crippen molar-refractivity contribution in [3.63, 3.8) is 0 Å². The Morgan fingerprint density at radius 2 is 2.13 bits per heavy atom. The largest absolute Gasteiger partial charge is 0.260 e. The Morgan fingerprint density at radius 1 is 1.47 bits per heavy atom. The Bertz CT molecular complexity index is 390. The summed E-state index contributed by atoms with van der Waals surface area (Å²) in [6, 6.07) is 0. The van der Waals surface area contributed by atoms with Gasteiger partial charge in [-0.1, -0.05) is 18.7 Å². The molecule has 0 bridgehead atoms. The summed E-state index contributed by atoms with van der Waals surface area (Å²) < 4.78 is 0. The van der Waals surface area contributed by atoms with Gasteiger partial charge in [0.1, 0.15) is 0 Å². The van der Waals surface area contributed by atoms with Crippen molar-refractivity contribution >= 4 is 6.21 Å². The van der Waals surface area contributed by atoms with Crippen molar-refractivity contribution in [3.05, 3.63) is 46.7 Å². The highest BCUT2D eigenvalue weighted by molar-refractivity contribution is 5.67. The fraction of sp³-hybridized carbons (Fsp3) is 0.357. The zero-order chi connectivity index (χ0) is 11.4. The van der Waals surface area contributed by atoms with E-state index in [1.807, 2.05) is 20.1 Å². The molecule has 0 aromatic heterocycles. The highest BCUT2D eigenvalue weighted by Crippen LogP contribution is 2.28. The van der Waals surface area contributed by atoms with Gasteiger partial charge in [-0.15, -0.1) is 0 Å². The highest BCUT2D eigenvalue weighted by atomic mass is 14.7. The average molecular weight is 201 g/mol. The lowest BCUT2D eigenvalue weighted by atomic mass is 9.96. The lowest BCUT2D eigenvalue weighted by Gasteiger charge is -2.12. The van der Waals surface area contributed by atoms with E-state index in [0.717, 1.165) is 17.7 Å². The predicted octanol–water partition coefficient (Wildman–Crippen LogP) is 4.20. The third-order valence-corrected chi connectivity index (χ3v) is 2.61. The Labute approximate surface area is 92.6 Å². The topological polar surface area (TPSA) is 12.4 Å². The molecule has 0 spiro atoms. The second-order valence-electron chi connectivity index (χ2n) is 3.91. The minimum atomic E-state index is 0.906. The first-order valence-electron chi connectivity index (χ1n) is 5.31. The van der Waals surface area contributed by atoms with E-state index < -0.39 is 0 Å². The number of hydrogen-bond donors (Lipinski definition) is 0. The lowest BCUT2D eigenvalue weighted by Crippen LogP contribution is -1.94. The van der Waals surface area contributed by atoms with Gasteiger partial charge < -0.3 is 0 Å². The Hall–Kier alpha value is -1.37. The van der Waals surface area contributed by atoms with Gasteiger partial charge >= 0.3 is 0 Å². The van der Waals surface area contributed by atoms with Crippen molar-refractivity contribution in [2.75, 3.05) is 0 Å². The summed E-state index contributed by atoms with van der Waals surface area (Å²) in [7, 11) is 0. The zero-order valence-electron chi connectivity index (χ0n) is 10.1. The fourth-order valence-corrected chi connectivity index (χ4v) is 1.70. The molecule has 80 valence electrons. The Kier molecular flexibility index (Phi) is 3.84. The molecule has 1 heterocycles. The van der Waals surface area contributed by atoms with Crippen LogP contribution in [0.2, 0.25) is 0 Å². The molecule has 0 N–H and O–H groups in total. The highest BCUT2D eigenvalue weighted by Gasteiger charge is 2.11. The van der Waals surface area contributed by atoms with Gasteiger partial charge in [0.05, 0.1) is 5.70 Å². The molecule has 1 rings (SSSR count). The summed E-state index contributed by atoms with van der Waals surface area (Å²) in [5.41, 5.74) is 5.82. The molecule has 0 unspecified atom stereocenters. The van der Waals surface area contributed by atoms with Gasteiger partial charge in [-0.05, 0) is 44.4 Å². The van der Waals surface area contributed by atoms with E-state index in [0.29, 0.717) is 0 Å². The van der Waals surface area contributed by atoms with E-state index in [2.05, 4.69) is 37.6 Å². The second-order valence-corrected chi connectivity index (χ2v) is 3.91. The smallest absolute Gasteiger partial charge is 0.0729 e. The molecule has 0 fully saturated rings. The first-order valence-corrected chi connectivity index (χ1v) is 5.31. The molecule has 0 atom stereocenters. The minimum Gasteiger partial charge on any atom is -0.260 e. The van der Waals surface area contributed by atoms with Gasteiger partial charge in [-0.3, -0.25) is 4.99 Å². The Morgan fingerprint density at radius 3 is 2.67 bits per heavy atom. The molecule has 1 nitrogen and oxygen atoms in total. The van der Waals surface area contributed by atoms with Crippen LogP contribution in [0.4, 0.5) is 0 Å². The number of aliphatic imine (C=N–C) groups is 1. The van der Waals surface area contributed by atoms with Crippen LogP contribution in [0.25, 0.3) is 0 Å². The fourth-order valence-electron chi connectivity index (χ4n) is 1.70. The quantitative estimate of drug-likeness (QED) is 0.634. The first kappa shape index (κ1) is 11.7. The summed E-state index contributed by atoms with van der Waals surface area (Å²) in [5.74, 6) is 0. The SMILES string of the molecule is C=C(C)C1=C(C(C)=CC)N=CCC=C1C. The van der Waals surface area contributed by atoms with E-state index in [-0.39, 0.29) is 0 Å². The summed E-state index contributed by atoms with van der Waals surface area (Å²) >= 11 is 0. The molecule has 0 aromatic rings. The van der Waals surface area contributed by atoms with Crippen LogP contribution in [0.3, 0.4) is 0 Å². The van der Waals surface area contributed by atoms with Crippen molar-refractivity contribution in [1.29, 1.82) is 0 Å². The third-order valence-electron chi connectivity index (χ3n) is 2.61. The number of allylic oxidation sites excluding steroid dienone is 6. The maximum absolute atomic E-state index is 4.52. The van der Waals surface area contributed by atoms with E-state index >= 15 is 0 Å².